The summed E-state index contributed by atoms with van der Waals surface area (Å²) in [6.07, 6.45) is 0. The molecule has 0 bridgehead atoms. The first-order chi connectivity index (χ1) is 14.9. The van der Waals surface area contributed by atoms with E-state index in [9.17, 15) is 8.42 Å². The molecule has 0 aliphatic carbocycles. The third-order valence-corrected chi connectivity index (χ3v) is 8.54. The highest BCUT2D eigenvalue weighted by atomic mass is 79.9. The molecule has 0 amide bonds. The fraction of sp³-hybridized carbons (Fsp3) is 0.231. The number of sulfone groups is 1. The maximum absolute atomic E-state index is 13.9. The molecule has 1 aliphatic heterocycles. The van der Waals surface area contributed by atoms with Crippen LogP contribution in [0.3, 0.4) is 0 Å². The molecule has 3 aromatic rings. The quantitative estimate of drug-likeness (QED) is 0.406. The summed E-state index contributed by atoms with van der Waals surface area (Å²) >= 11 is 3.68. The van der Waals surface area contributed by atoms with Gasteiger partial charge in [-0.3, -0.25) is 0 Å². The second-order valence-corrected chi connectivity index (χ2v) is 10.7. The first-order valence-corrected chi connectivity index (χ1v) is 13.0. The Labute approximate surface area is 193 Å². The van der Waals surface area contributed by atoms with E-state index in [-0.39, 0.29) is 5.92 Å². The van der Waals surface area contributed by atoms with E-state index in [0.29, 0.717) is 21.7 Å². The molecule has 5 heteroatoms. The summed E-state index contributed by atoms with van der Waals surface area (Å²) in [7, 11) is -3.65. The molecule has 0 spiro atoms. The molecule has 0 aromatic heterocycles. The first-order valence-electron chi connectivity index (χ1n) is 10.4. The summed E-state index contributed by atoms with van der Waals surface area (Å²) in [5.41, 5.74) is 5.28. The van der Waals surface area contributed by atoms with Gasteiger partial charge in [-0.2, -0.15) is 0 Å². The van der Waals surface area contributed by atoms with Gasteiger partial charge in [-0.15, -0.1) is 0 Å². The molecule has 1 atom stereocenters. The van der Waals surface area contributed by atoms with Gasteiger partial charge >= 0.3 is 0 Å². The highest BCUT2D eigenvalue weighted by Crippen LogP contribution is 2.40. The fourth-order valence-corrected chi connectivity index (χ4v) is 6.47. The third kappa shape index (κ3) is 4.35. The van der Waals surface area contributed by atoms with Crippen LogP contribution in [0, 0.1) is 19.8 Å². The monoisotopic (exact) mass is 495 g/mol. The lowest BCUT2D eigenvalue weighted by atomic mass is 9.89. The van der Waals surface area contributed by atoms with Crippen LogP contribution in [-0.2, 0) is 9.84 Å². The minimum absolute atomic E-state index is 0.0459. The van der Waals surface area contributed by atoms with Crippen LogP contribution in [0.1, 0.15) is 16.7 Å². The minimum Gasteiger partial charge on any atom is -0.366 e. The zero-order chi connectivity index (χ0) is 22.0. The summed E-state index contributed by atoms with van der Waals surface area (Å²) in [4.78, 5) is 3.03. The molecule has 4 rings (SSSR count). The topological polar surface area (TPSA) is 37.4 Å². The van der Waals surface area contributed by atoms with Crippen LogP contribution in [-0.4, -0.2) is 26.8 Å². The lowest BCUT2D eigenvalue weighted by Gasteiger charge is -2.38. The molecule has 1 heterocycles. The van der Waals surface area contributed by atoms with Gasteiger partial charge in [-0.1, -0.05) is 82.2 Å². The normalized spacial score (nSPS) is 17.1. The van der Waals surface area contributed by atoms with E-state index < -0.39 is 9.84 Å². The highest BCUT2D eigenvalue weighted by Gasteiger charge is 2.35. The molecule has 160 valence electrons. The van der Waals surface area contributed by atoms with Crippen LogP contribution in [0.4, 0.5) is 5.69 Å². The Morgan fingerprint density at radius 1 is 0.903 bits per heavy atom. The zero-order valence-corrected chi connectivity index (χ0v) is 20.2. The lowest BCUT2D eigenvalue weighted by Crippen LogP contribution is -2.40. The fourth-order valence-electron chi connectivity index (χ4n) is 4.24. The van der Waals surface area contributed by atoms with Gasteiger partial charge in [0, 0.05) is 23.5 Å². The van der Waals surface area contributed by atoms with Crippen LogP contribution >= 0.6 is 15.9 Å². The van der Waals surface area contributed by atoms with E-state index >= 15 is 0 Å². The largest absolute Gasteiger partial charge is 0.366 e. The number of nitrogens with zero attached hydrogens (tertiary/aromatic N) is 1. The van der Waals surface area contributed by atoms with Gasteiger partial charge in [0.15, 0.2) is 0 Å². The van der Waals surface area contributed by atoms with Crippen LogP contribution in [0.2, 0.25) is 0 Å². The van der Waals surface area contributed by atoms with Crippen molar-refractivity contribution in [3.63, 3.8) is 0 Å². The number of para-hydroxylation sites is 1. The first kappa shape index (κ1) is 21.8. The lowest BCUT2D eigenvalue weighted by molar-refractivity contribution is 0.596. The van der Waals surface area contributed by atoms with Gasteiger partial charge in [-0.25, -0.2) is 8.42 Å². The van der Waals surface area contributed by atoms with Gasteiger partial charge in [0.1, 0.15) is 0 Å². The second kappa shape index (κ2) is 9.01. The van der Waals surface area contributed by atoms with Crippen LogP contribution in [0.5, 0.6) is 0 Å². The number of hydrogen-bond donors (Lipinski definition) is 0. The number of aryl methyl sites for hydroxylation is 2. The molecule has 1 unspecified atom stereocenters. The van der Waals surface area contributed by atoms with E-state index in [0.717, 1.165) is 34.5 Å². The Balaban J connectivity index is 1.93. The van der Waals surface area contributed by atoms with Crippen LogP contribution < -0.4 is 4.90 Å². The number of anilines is 1. The molecule has 0 fully saturated rings. The molecule has 0 radical (unpaired) electrons. The molecular weight excluding hydrogens is 470 g/mol. The molecular formula is C26H26BrNO2S. The number of rotatable bonds is 5. The van der Waals surface area contributed by atoms with E-state index in [4.69, 9.17) is 0 Å². The van der Waals surface area contributed by atoms with Gasteiger partial charge < -0.3 is 4.90 Å². The summed E-state index contributed by atoms with van der Waals surface area (Å²) in [5, 5.41) is 0.687. The maximum atomic E-state index is 13.9. The third-order valence-electron chi connectivity index (χ3n) is 5.87. The highest BCUT2D eigenvalue weighted by molar-refractivity contribution is 9.09. The van der Waals surface area contributed by atoms with Crippen molar-refractivity contribution in [3.8, 4) is 0 Å². The van der Waals surface area contributed by atoms with E-state index in [1.165, 1.54) is 0 Å². The molecule has 0 saturated carbocycles. The molecule has 1 aliphatic rings. The smallest absolute Gasteiger partial charge is 0.204 e. The van der Waals surface area contributed by atoms with Gasteiger partial charge in [0.05, 0.1) is 16.3 Å². The van der Waals surface area contributed by atoms with Crippen LogP contribution in [0.25, 0.3) is 5.57 Å². The van der Waals surface area contributed by atoms with Crippen molar-refractivity contribution in [1.29, 1.82) is 0 Å². The van der Waals surface area contributed by atoms with Crippen LogP contribution in [0.15, 0.2) is 88.7 Å². The number of alkyl halides is 1. The van der Waals surface area contributed by atoms with E-state index in [1.807, 2.05) is 49.4 Å². The zero-order valence-electron chi connectivity index (χ0n) is 17.8. The maximum Gasteiger partial charge on any atom is 0.204 e. The summed E-state index contributed by atoms with van der Waals surface area (Å²) in [6, 6.07) is 25.1. The Hall–Kier alpha value is -2.37. The van der Waals surface area contributed by atoms with Crippen molar-refractivity contribution in [2.24, 2.45) is 5.92 Å². The number of benzene rings is 3. The van der Waals surface area contributed by atoms with Crippen molar-refractivity contribution in [2.75, 3.05) is 23.3 Å². The van der Waals surface area contributed by atoms with Gasteiger partial charge in [0.25, 0.3) is 0 Å². The SMILES string of the molecule is Cc1ccc(C2=C(S(=O)(=O)c3ccccc3)CN(c3ccccc3C)CC2CBr)cc1. The van der Waals surface area contributed by atoms with E-state index in [2.05, 4.69) is 39.9 Å². The van der Waals surface area contributed by atoms with Crippen molar-refractivity contribution < 1.29 is 8.42 Å². The Morgan fingerprint density at radius 2 is 1.55 bits per heavy atom. The van der Waals surface area contributed by atoms with Crippen molar-refractivity contribution >= 4 is 37.0 Å². The summed E-state index contributed by atoms with van der Waals surface area (Å²) in [5.74, 6) is 0.0459. The number of halogens is 1. The summed E-state index contributed by atoms with van der Waals surface area (Å²) in [6.45, 7) is 5.23. The predicted molar refractivity (Wildman–Crippen MR) is 132 cm³/mol. The van der Waals surface area contributed by atoms with Crippen molar-refractivity contribution in [3.05, 3.63) is 100 Å². The van der Waals surface area contributed by atoms with Crippen molar-refractivity contribution in [2.45, 2.75) is 18.7 Å². The van der Waals surface area contributed by atoms with Crippen molar-refractivity contribution in [1.82, 2.24) is 0 Å². The average molecular weight is 496 g/mol. The number of hydrogen-bond acceptors (Lipinski definition) is 3. The molecule has 0 N–H and O–H groups in total. The average Bonchev–Trinajstić information content (AvgIpc) is 2.80. The Morgan fingerprint density at radius 3 is 2.19 bits per heavy atom. The summed E-state index contributed by atoms with van der Waals surface area (Å²) < 4.78 is 27.7. The predicted octanol–water partition coefficient (Wildman–Crippen LogP) is 6.02. The van der Waals surface area contributed by atoms with Gasteiger partial charge in [0.2, 0.25) is 9.84 Å². The molecule has 3 nitrogen and oxygen atoms in total. The minimum atomic E-state index is -3.65. The molecule has 0 saturated heterocycles. The standard InChI is InChI=1S/C26H26BrNO2S/c1-19-12-14-21(15-13-19)26-22(16-27)17-28(24-11-7-6-8-20(24)2)18-25(26)31(29,30)23-9-4-3-5-10-23/h3-15,22H,16-18H2,1-2H3. The Kier molecular flexibility index (Phi) is 6.35. The van der Waals surface area contributed by atoms with Gasteiger partial charge in [-0.05, 0) is 48.7 Å². The van der Waals surface area contributed by atoms with E-state index in [1.54, 1.807) is 24.3 Å². The molecule has 31 heavy (non-hydrogen) atoms. The second-order valence-electron chi connectivity index (χ2n) is 8.04. The molecule has 3 aromatic carbocycles. The Bertz CT molecular complexity index is 1200.